The van der Waals surface area contributed by atoms with Gasteiger partial charge in [0.1, 0.15) is 23.0 Å². The second kappa shape index (κ2) is 11.6. The Bertz CT molecular complexity index is 1390. The van der Waals surface area contributed by atoms with Crippen molar-refractivity contribution >= 4 is 23.1 Å². The highest BCUT2D eigenvalue weighted by molar-refractivity contribution is 6.51. The molecule has 1 unspecified atom stereocenters. The van der Waals surface area contributed by atoms with Gasteiger partial charge in [0.25, 0.3) is 11.7 Å². The second-order valence-corrected chi connectivity index (χ2v) is 10.3. The molecule has 0 saturated carbocycles. The number of nitrogens with zero attached hydrogens (tertiary/aromatic N) is 1. The van der Waals surface area contributed by atoms with Crippen molar-refractivity contribution in [1.29, 1.82) is 0 Å². The highest BCUT2D eigenvalue weighted by atomic mass is 16.5. The maximum Gasteiger partial charge on any atom is 0.300 e. The largest absolute Gasteiger partial charge is 0.507 e. The van der Waals surface area contributed by atoms with Gasteiger partial charge in [0.2, 0.25) is 0 Å². The zero-order valence-electron chi connectivity index (χ0n) is 23.2. The molecule has 1 amide bonds. The average molecular weight is 530 g/mol. The van der Waals surface area contributed by atoms with E-state index in [0.29, 0.717) is 46.6 Å². The number of methoxy groups -OCH3 is 1. The van der Waals surface area contributed by atoms with Crippen LogP contribution in [0.3, 0.4) is 0 Å². The number of aliphatic hydroxyl groups excluding tert-OH is 1. The van der Waals surface area contributed by atoms with E-state index in [-0.39, 0.29) is 17.4 Å². The van der Waals surface area contributed by atoms with Crippen molar-refractivity contribution in [2.24, 2.45) is 5.92 Å². The van der Waals surface area contributed by atoms with E-state index in [2.05, 4.69) is 13.8 Å². The number of Topliss-reactive ketones (excluding diaryl/α,β-unsaturated/α-hetero) is 1. The third-order valence-electron chi connectivity index (χ3n) is 6.36. The van der Waals surface area contributed by atoms with Crippen molar-refractivity contribution in [3.63, 3.8) is 0 Å². The number of carbonyl (C=O) groups is 2. The highest BCUT2D eigenvalue weighted by Crippen LogP contribution is 2.43. The van der Waals surface area contributed by atoms with Crippen molar-refractivity contribution in [3.8, 4) is 17.2 Å². The Morgan fingerprint density at radius 1 is 0.949 bits per heavy atom. The topological polar surface area (TPSA) is 85.3 Å². The van der Waals surface area contributed by atoms with Crippen LogP contribution in [0.4, 0.5) is 5.69 Å². The van der Waals surface area contributed by atoms with Crippen LogP contribution < -0.4 is 19.1 Å². The summed E-state index contributed by atoms with van der Waals surface area (Å²) in [5, 5.41) is 11.5. The standard InChI is InChI=1S/C32H35NO6/c1-19(2)18-38-25-13-11-24(12-14-25)33-29(22-8-7-9-26(17-22)37-6)28(31(35)32(33)36)30(34)23-10-15-27(21(5)16-23)39-20(3)4/h7-17,19-20,29,34H,18H2,1-6H3/b30-28+. The van der Waals surface area contributed by atoms with Crippen LogP contribution in [0.1, 0.15) is 50.4 Å². The van der Waals surface area contributed by atoms with E-state index in [1.54, 1.807) is 67.8 Å². The Morgan fingerprint density at radius 3 is 2.28 bits per heavy atom. The first-order chi connectivity index (χ1) is 18.6. The minimum atomic E-state index is -0.866. The molecule has 0 bridgehead atoms. The van der Waals surface area contributed by atoms with Gasteiger partial charge in [0, 0.05) is 11.3 Å². The summed E-state index contributed by atoms with van der Waals surface area (Å²) in [6.07, 6.45) is -0.0105. The van der Waals surface area contributed by atoms with Crippen LogP contribution in [-0.4, -0.2) is 36.6 Å². The number of ether oxygens (including phenoxy) is 3. The Kier molecular flexibility index (Phi) is 8.29. The molecule has 1 N–H and O–H groups in total. The van der Waals surface area contributed by atoms with Gasteiger partial charge in [-0.2, -0.15) is 0 Å². The van der Waals surface area contributed by atoms with Gasteiger partial charge < -0.3 is 19.3 Å². The number of hydrogen-bond acceptors (Lipinski definition) is 6. The number of carbonyl (C=O) groups excluding carboxylic acids is 2. The zero-order valence-corrected chi connectivity index (χ0v) is 23.2. The minimum absolute atomic E-state index is 0.00492. The SMILES string of the molecule is COc1cccc(C2/C(=C(\O)c3ccc(OC(C)C)c(C)c3)C(=O)C(=O)N2c2ccc(OCC(C)C)cc2)c1. The average Bonchev–Trinajstić information content (AvgIpc) is 3.18. The number of amides is 1. The van der Waals surface area contributed by atoms with Gasteiger partial charge in [-0.1, -0.05) is 26.0 Å². The first-order valence-corrected chi connectivity index (χ1v) is 13.1. The van der Waals surface area contributed by atoms with Gasteiger partial charge in [-0.3, -0.25) is 14.5 Å². The molecule has 39 heavy (non-hydrogen) atoms. The smallest absolute Gasteiger partial charge is 0.300 e. The minimum Gasteiger partial charge on any atom is -0.507 e. The molecule has 1 heterocycles. The van der Waals surface area contributed by atoms with Crippen LogP contribution in [0.25, 0.3) is 5.76 Å². The van der Waals surface area contributed by atoms with Crippen LogP contribution in [0, 0.1) is 12.8 Å². The summed E-state index contributed by atoms with van der Waals surface area (Å²) < 4.78 is 17.0. The molecule has 0 radical (unpaired) electrons. The number of anilines is 1. The van der Waals surface area contributed by atoms with E-state index in [0.717, 1.165) is 5.56 Å². The fourth-order valence-corrected chi connectivity index (χ4v) is 4.53. The van der Waals surface area contributed by atoms with Crippen molar-refractivity contribution in [2.45, 2.75) is 46.8 Å². The number of benzene rings is 3. The molecule has 1 aliphatic rings. The normalized spacial score (nSPS) is 16.7. The van der Waals surface area contributed by atoms with E-state index in [4.69, 9.17) is 14.2 Å². The van der Waals surface area contributed by atoms with Gasteiger partial charge in [-0.25, -0.2) is 0 Å². The predicted octanol–water partition coefficient (Wildman–Crippen LogP) is 6.45. The molecule has 1 atom stereocenters. The second-order valence-electron chi connectivity index (χ2n) is 10.3. The summed E-state index contributed by atoms with van der Waals surface area (Å²) in [7, 11) is 1.55. The predicted molar refractivity (Wildman–Crippen MR) is 151 cm³/mol. The van der Waals surface area contributed by atoms with Crippen molar-refractivity contribution in [3.05, 3.63) is 89.0 Å². The van der Waals surface area contributed by atoms with E-state index in [1.165, 1.54) is 4.90 Å². The molecular weight excluding hydrogens is 494 g/mol. The molecule has 1 saturated heterocycles. The molecule has 0 aromatic heterocycles. The van der Waals surface area contributed by atoms with Crippen molar-refractivity contribution in [2.75, 3.05) is 18.6 Å². The van der Waals surface area contributed by atoms with Crippen LogP contribution >= 0.6 is 0 Å². The van der Waals surface area contributed by atoms with Gasteiger partial charge >= 0.3 is 0 Å². The van der Waals surface area contributed by atoms with E-state index in [1.807, 2.05) is 26.8 Å². The van der Waals surface area contributed by atoms with Gasteiger partial charge in [0.05, 0.1) is 31.4 Å². The lowest BCUT2D eigenvalue weighted by Gasteiger charge is -2.26. The fraction of sp³-hybridized carbons (Fsp3) is 0.312. The van der Waals surface area contributed by atoms with E-state index < -0.39 is 17.7 Å². The molecule has 0 aliphatic carbocycles. The molecule has 4 rings (SSSR count). The third-order valence-corrected chi connectivity index (χ3v) is 6.36. The van der Waals surface area contributed by atoms with Crippen LogP contribution in [0.15, 0.2) is 72.3 Å². The Hall–Kier alpha value is -4.26. The summed E-state index contributed by atoms with van der Waals surface area (Å²) in [6.45, 7) is 10.4. The molecule has 1 aliphatic heterocycles. The monoisotopic (exact) mass is 529 g/mol. The quantitative estimate of drug-likeness (QED) is 0.195. The lowest BCUT2D eigenvalue weighted by molar-refractivity contribution is -0.132. The summed E-state index contributed by atoms with van der Waals surface area (Å²) in [5.74, 6) is 0.552. The van der Waals surface area contributed by atoms with Gasteiger partial charge in [0.15, 0.2) is 0 Å². The zero-order chi connectivity index (χ0) is 28.3. The summed E-state index contributed by atoms with van der Waals surface area (Å²) >= 11 is 0. The summed E-state index contributed by atoms with van der Waals surface area (Å²) in [5.41, 5.74) is 2.37. The first-order valence-electron chi connectivity index (χ1n) is 13.1. The molecule has 3 aromatic carbocycles. The van der Waals surface area contributed by atoms with Gasteiger partial charge in [-0.05, 0) is 92.4 Å². The number of aliphatic hydroxyl groups is 1. The van der Waals surface area contributed by atoms with E-state index in [9.17, 15) is 14.7 Å². The number of aryl methyl sites for hydroxylation is 1. The maximum absolute atomic E-state index is 13.5. The summed E-state index contributed by atoms with van der Waals surface area (Å²) in [4.78, 5) is 28.4. The third kappa shape index (κ3) is 5.93. The number of ketones is 1. The Labute approximate surface area is 229 Å². The molecule has 7 heteroatoms. The summed E-state index contributed by atoms with van der Waals surface area (Å²) in [6, 6.07) is 18.5. The first kappa shape index (κ1) is 27.8. The van der Waals surface area contributed by atoms with Gasteiger partial charge in [-0.15, -0.1) is 0 Å². The van der Waals surface area contributed by atoms with Crippen LogP contribution in [-0.2, 0) is 9.59 Å². The maximum atomic E-state index is 13.5. The fourth-order valence-electron chi connectivity index (χ4n) is 4.53. The Balaban J connectivity index is 1.83. The van der Waals surface area contributed by atoms with E-state index >= 15 is 0 Å². The van der Waals surface area contributed by atoms with Crippen molar-refractivity contribution in [1.82, 2.24) is 0 Å². The lowest BCUT2D eigenvalue weighted by atomic mass is 9.94. The molecular formula is C32H35NO6. The number of rotatable bonds is 9. The number of hydrogen-bond donors (Lipinski definition) is 1. The Morgan fingerprint density at radius 2 is 1.67 bits per heavy atom. The molecule has 7 nitrogen and oxygen atoms in total. The molecule has 0 spiro atoms. The molecule has 3 aromatic rings. The molecule has 1 fully saturated rings. The van der Waals surface area contributed by atoms with Crippen molar-refractivity contribution < 1.29 is 28.9 Å². The lowest BCUT2D eigenvalue weighted by Crippen LogP contribution is -2.29. The highest BCUT2D eigenvalue weighted by Gasteiger charge is 2.47. The molecule has 204 valence electrons. The van der Waals surface area contributed by atoms with Crippen LogP contribution in [0.2, 0.25) is 0 Å². The van der Waals surface area contributed by atoms with Crippen LogP contribution in [0.5, 0.6) is 17.2 Å².